The van der Waals surface area contributed by atoms with Gasteiger partial charge in [0.1, 0.15) is 0 Å². The normalized spacial score (nSPS) is 22.1. The van der Waals surface area contributed by atoms with Crippen molar-refractivity contribution in [1.82, 2.24) is 9.80 Å². The van der Waals surface area contributed by atoms with Crippen LogP contribution in [0.4, 0.5) is 0 Å². The lowest BCUT2D eigenvalue weighted by atomic mass is 9.89. The smallest absolute Gasteiger partial charge is 0.223 e. The third-order valence-corrected chi connectivity index (χ3v) is 4.54. The van der Waals surface area contributed by atoms with Crippen LogP contribution in [0, 0.1) is 5.92 Å². The van der Waals surface area contributed by atoms with Gasteiger partial charge in [0.15, 0.2) is 0 Å². The van der Waals surface area contributed by atoms with E-state index in [1.165, 1.54) is 38.6 Å². The molecule has 0 aromatic rings. The van der Waals surface area contributed by atoms with Gasteiger partial charge in [-0.3, -0.25) is 4.79 Å². The Hall–Kier alpha value is -0.320. The van der Waals surface area contributed by atoms with Crippen molar-refractivity contribution >= 4 is 18.3 Å². The first kappa shape index (κ1) is 17.7. The maximum Gasteiger partial charge on any atom is 0.223 e. The minimum atomic E-state index is 0. The molecule has 0 radical (unpaired) electrons. The molecule has 20 heavy (non-hydrogen) atoms. The number of nitrogens with two attached hydrogens (primary N) is 1. The van der Waals surface area contributed by atoms with E-state index in [2.05, 4.69) is 4.90 Å². The van der Waals surface area contributed by atoms with Crippen molar-refractivity contribution in [2.45, 2.75) is 44.9 Å². The van der Waals surface area contributed by atoms with E-state index in [1.807, 2.05) is 4.90 Å². The molecule has 0 spiro atoms. The SMILES string of the molecule is Cl.NCCC(=O)N1CCCN(CC2CCCCC2)CC1. The summed E-state index contributed by atoms with van der Waals surface area (Å²) in [6.07, 6.45) is 8.70. The van der Waals surface area contributed by atoms with E-state index in [0.29, 0.717) is 13.0 Å². The monoisotopic (exact) mass is 303 g/mol. The van der Waals surface area contributed by atoms with E-state index in [4.69, 9.17) is 5.73 Å². The second-order valence-electron chi connectivity index (χ2n) is 6.08. The first-order valence-corrected chi connectivity index (χ1v) is 8.00. The van der Waals surface area contributed by atoms with Crippen LogP contribution in [0.1, 0.15) is 44.9 Å². The quantitative estimate of drug-likeness (QED) is 0.862. The standard InChI is InChI=1S/C15H29N3O.ClH/c16-8-7-15(19)18-10-4-9-17(11-12-18)13-14-5-2-1-3-6-14;/h14H,1-13,16H2;1H. The van der Waals surface area contributed by atoms with Crippen molar-refractivity contribution in [1.29, 1.82) is 0 Å². The van der Waals surface area contributed by atoms with Crippen LogP contribution in [0.3, 0.4) is 0 Å². The van der Waals surface area contributed by atoms with E-state index in [0.717, 1.165) is 38.5 Å². The highest BCUT2D eigenvalue weighted by molar-refractivity contribution is 5.85. The average Bonchev–Trinajstić information content (AvgIpc) is 2.66. The molecular formula is C15H30ClN3O. The zero-order valence-electron chi connectivity index (χ0n) is 12.6. The largest absolute Gasteiger partial charge is 0.341 e. The van der Waals surface area contributed by atoms with E-state index in [-0.39, 0.29) is 18.3 Å². The molecule has 2 aliphatic rings. The minimum Gasteiger partial charge on any atom is -0.341 e. The van der Waals surface area contributed by atoms with Crippen LogP contribution in [0.2, 0.25) is 0 Å². The summed E-state index contributed by atoms with van der Waals surface area (Å²) >= 11 is 0. The Morgan fingerprint density at radius 2 is 1.75 bits per heavy atom. The van der Waals surface area contributed by atoms with Crippen LogP contribution in [0.5, 0.6) is 0 Å². The van der Waals surface area contributed by atoms with Gasteiger partial charge in [0.2, 0.25) is 5.91 Å². The van der Waals surface area contributed by atoms with Crippen molar-refractivity contribution in [3.63, 3.8) is 0 Å². The van der Waals surface area contributed by atoms with Crippen LogP contribution in [0.15, 0.2) is 0 Å². The van der Waals surface area contributed by atoms with Crippen molar-refractivity contribution in [2.24, 2.45) is 11.7 Å². The number of carbonyl (C=O) groups excluding carboxylic acids is 1. The van der Waals surface area contributed by atoms with Crippen molar-refractivity contribution < 1.29 is 4.79 Å². The molecule has 2 fully saturated rings. The Morgan fingerprint density at radius 3 is 2.45 bits per heavy atom. The van der Waals surface area contributed by atoms with Crippen molar-refractivity contribution in [2.75, 3.05) is 39.3 Å². The first-order chi connectivity index (χ1) is 9.29. The second-order valence-corrected chi connectivity index (χ2v) is 6.08. The molecule has 2 N–H and O–H groups in total. The van der Waals surface area contributed by atoms with Gasteiger partial charge in [-0.25, -0.2) is 0 Å². The molecule has 1 amide bonds. The average molecular weight is 304 g/mol. The van der Waals surface area contributed by atoms with Crippen molar-refractivity contribution in [3.05, 3.63) is 0 Å². The number of halogens is 1. The van der Waals surface area contributed by atoms with E-state index in [9.17, 15) is 4.79 Å². The molecule has 2 rings (SSSR count). The Balaban J connectivity index is 0.00000200. The highest BCUT2D eigenvalue weighted by atomic mass is 35.5. The third-order valence-electron chi connectivity index (χ3n) is 4.54. The Morgan fingerprint density at radius 1 is 1.00 bits per heavy atom. The van der Waals surface area contributed by atoms with Gasteiger partial charge in [-0.15, -0.1) is 12.4 Å². The summed E-state index contributed by atoms with van der Waals surface area (Å²) in [6.45, 7) is 5.74. The van der Waals surface area contributed by atoms with Gasteiger partial charge in [0, 0.05) is 39.1 Å². The summed E-state index contributed by atoms with van der Waals surface area (Å²) in [5, 5.41) is 0. The fraction of sp³-hybridized carbons (Fsp3) is 0.933. The van der Waals surface area contributed by atoms with Crippen molar-refractivity contribution in [3.8, 4) is 0 Å². The summed E-state index contributed by atoms with van der Waals surface area (Å²) in [4.78, 5) is 16.5. The van der Waals surface area contributed by atoms with Crippen LogP contribution >= 0.6 is 12.4 Å². The summed E-state index contributed by atoms with van der Waals surface area (Å²) in [5.41, 5.74) is 5.47. The lowest BCUT2D eigenvalue weighted by Gasteiger charge is -2.28. The summed E-state index contributed by atoms with van der Waals surface area (Å²) < 4.78 is 0. The molecule has 1 heterocycles. The van der Waals surface area contributed by atoms with Gasteiger partial charge in [-0.05, 0) is 31.7 Å². The number of carbonyl (C=O) groups is 1. The molecule has 0 aromatic heterocycles. The Bertz CT molecular complexity index is 282. The number of amides is 1. The molecule has 4 nitrogen and oxygen atoms in total. The number of hydrogen-bond acceptors (Lipinski definition) is 3. The first-order valence-electron chi connectivity index (χ1n) is 8.00. The maximum atomic E-state index is 11.9. The van der Waals surface area contributed by atoms with Gasteiger partial charge in [-0.1, -0.05) is 19.3 Å². The molecule has 118 valence electrons. The number of hydrogen-bond donors (Lipinski definition) is 1. The molecular weight excluding hydrogens is 274 g/mol. The zero-order valence-corrected chi connectivity index (χ0v) is 13.4. The lowest BCUT2D eigenvalue weighted by Crippen LogP contribution is -2.37. The predicted octanol–water partition coefficient (Wildman–Crippen LogP) is 1.87. The molecule has 0 atom stereocenters. The predicted molar refractivity (Wildman–Crippen MR) is 85.1 cm³/mol. The van der Waals surface area contributed by atoms with Gasteiger partial charge in [0.05, 0.1) is 0 Å². The van der Waals surface area contributed by atoms with Gasteiger partial charge in [0.25, 0.3) is 0 Å². The summed E-state index contributed by atoms with van der Waals surface area (Å²) in [6, 6.07) is 0. The fourth-order valence-electron chi connectivity index (χ4n) is 3.42. The number of rotatable bonds is 4. The number of nitrogens with zero attached hydrogens (tertiary/aromatic N) is 2. The van der Waals surface area contributed by atoms with Crippen LogP contribution in [-0.2, 0) is 4.79 Å². The summed E-state index contributed by atoms with van der Waals surface area (Å²) in [5.74, 6) is 1.14. The lowest BCUT2D eigenvalue weighted by molar-refractivity contribution is -0.130. The van der Waals surface area contributed by atoms with E-state index < -0.39 is 0 Å². The highest BCUT2D eigenvalue weighted by Gasteiger charge is 2.21. The Labute approximate surface area is 129 Å². The summed E-state index contributed by atoms with van der Waals surface area (Å²) in [7, 11) is 0. The second kappa shape index (κ2) is 9.59. The van der Waals surface area contributed by atoms with Crippen LogP contribution < -0.4 is 5.73 Å². The topological polar surface area (TPSA) is 49.6 Å². The van der Waals surface area contributed by atoms with Gasteiger partial charge in [-0.2, -0.15) is 0 Å². The van der Waals surface area contributed by atoms with Crippen LogP contribution in [-0.4, -0.2) is 55.0 Å². The molecule has 1 saturated carbocycles. The highest BCUT2D eigenvalue weighted by Crippen LogP contribution is 2.24. The third kappa shape index (κ3) is 5.58. The fourth-order valence-corrected chi connectivity index (χ4v) is 3.42. The molecule has 1 aliphatic heterocycles. The molecule has 0 unspecified atom stereocenters. The molecule has 1 aliphatic carbocycles. The van der Waals surface area contributed by atoms with E-state index in [1.54, 1.807) is 0 Å². The minimum absolute atomic E-state index is 0. The van der Waals surface area contributed by atoms with Gasteiger partial charge < -0.3 is 15.5 Å². The Kier molecular flexibility index (Phi) is 8.50. The molecule has 1 saturated heterocycles. The van der Waals surface area contributed by atoms with Gasteiger partial charge >= 0.3 is 0 Å². The molecule has 5 heteroatoms. The van der Waals surface area contributed by atoms with Crippen LogP contribution in [0.25, 0.3) is 0 Å². The molecule has 0 aromatic carbocycles. The molecule has 0 bridgehead atoms. The maximum absolute atomic E-state index is 11.9. The zero-order chi connectivity index (χ0) is 13.5. The van der Waals surface area contributed by atoms with E-state index >= 15 is 0 Å².